The number of aryl methyl sites for hydroxylation is 1. The molecule has 1 aromatic carbocycles. The average Bonchev–Trinajstić information content (AvgIpc) is 2.94. The Bertz CT molecular complexity index is 744. The first-order valence-electron chi connectivity index (χ1n) is 9.28. The smallest absolute Gasteiger partial charge is 0.257 e. The zero-order chi connectivity index (χ0) is 16.3. The summed E-state index contributed by atoms with van der Waals surface area (Å²) in [5.41, 5.74) is 10.0. The van der Waals surface area contributed by atoms with Gasteiger partial charge < -0.3 is 10.3 Å². The monoisotopic (exact) mass is 323 g/mol. The molecule has 1 aromatic heterocycles. The van der Waals surface area contributed by atoms with Crippen molar-refractivity contribution in [1.82, 2.24) is 10.1 Å². The largest absolute Gasteiger partial charge is 0.398 e. The molecule has 1 heterocycles. The van der Waals surface area contributed by atoms with Gasteiger partial charge in [-0.05, 0) is 92.7 Å². The van der Waals surface area contributed by atoms with Crippen LogP contribution in [-0.4, -0.2) is 10.1 Å². The van der Waals surface area contributed by atoms with Crippen molar-refractivity contribution in [1.29, 1.82) is 0 Å². The lowest BCUT2D eigenvalue weighted by Crippen LogP contribution is -2.47. The molecule has 0 unspecified atom stereocenters. The van der Waals surface area contributed by atoms with E-state index in [1.165, 1.54) is 44.1 Å². The zero-order valence-corrected chi connectivity index (χ0v) is 14.3. The van der Waals surface area contributed by atoms with Crippen LogP contribution in [0, 0.1) is 30.1 Å². The summed E-state index contributed by atoms with van der Waals surface area (Å²) in [6, 6.07) is 6.27. The first-order valence-corrected chi connectivity index (χ1v) is 9.28. The molecule has 2 N–H and O–H groups in total. The SMILES string of the molecule is Cc1noc(-c2ccc(CC34CC5CC(CC(C5)C3)C4)c(N)c2)n1. The van der Waals surface area contributed by atoms with Gasteiger partial charge in [-0.25, -0.2) is 0 Å². The van der Waals surface area contributed by atoms with E-state index in [0.717, 1.165) is 35.4 Å². The summed E-state index contributed by atoms with van der Waals surface area (Å²) in [5.74, 6) is 4.16. The number of nitrogen functional groups attached to an aromatic ring is 1. The molecule has 4 saturated carbocycles. The van der Waals surface area contributed by atoms with Crippen LogP contribution in [0.3, 0.4) is 0 Å². The van der Waals surface area contributed by atoms with Gasteiger partial charge in [-0.15, -0.1) is 0 Å². The molecule has 0 spiro atoms. The molecule has 4 heteroatoms. The van der Waals surface area contributed by atoms with Crippen LogP contribution in [0.5, 0.6) is 0 Å². The van der Waals surface area contributed by atoms with Gasteiger partial charge in [0.1, 0.15) is 0 Å². The van der Waals surface area contributed by atoms with E-state index in [0.29, 0.717) is 17.1 Å². The van der Waals surface area contributed by atoms with Crippen LogP contribution in [0.2, 0.25) is 0 Å². The van der Waals surface area contributed by atoms with E-state index in [1.54, 1.807) is 0 Å². The van der Waals surface area contributed by atoms with Crippen LogP contribution in [-0.2, 0) is 6.42 Å². The number of nitrogens with two attached hydrogens (primary N) is 1. The molecule has 2 aromatic rings. The molecule has 0 radical (unpaired) electrons. The van der Waals surface area contributed by atoms with Crippen LogP contribution in [0.25, 0.3) is 11.5 Å². The predicted molar refractivity (Wildman–Crippen MR) is 93.2 cm³/mol. The number of anilines is 1. The van der Waals surface area contributed by atoms with Crippen molar-refractivity contribution in [2.24, 2.45) is 23.2 Å². The zero-order valence-electron chi connectivity index (χ0n) is 14.3. The third-order valence-corrected chi connectivity index (χ3v) is 6.65. The lowest BCUT2D eigenvalue weighted by atomic mass is 9.48. The van der Waals surface area contributed by atoms with Gasteiger partial charge in [0.25, 0.3) is 5.89 Å². The molecule has 4 fully saturated rings. The van der Waals surface area contributed by atoms with E-state index < -0.39 is 0 Å². The molecule has 4 nitrogen and oxygen atoms in total. The molecular weight excluding hydrogens is 298 g/mol. The van der Waals surface area contributed by atoms with E-state index in [1.807, 2.05) is 13.0 Å². The van der Waals surface area contributed by atoms with Crippen molar-refractivity contribution >= 4 is 5.69 Å². The van der Waals surface area contributed by atoms with E-state index in [9.17, 15) is 0 Å². The van der Waals surface area contributed by atoms with Crippen LogP contribution in [0.15, 0.2) is 22.7 Å². The Labute approximate surface area is 142 Å². The summed E-state index contributed by atoms with van der Waals surface area (Å²) in [5, 5.41) is 3.87. The number of rotatable bonds is 3. The maximum atomic E-state index is 6.40. The number of hydrogen-bond donors (Lipinski definition) is 1. The molecule has 0 aliphatic heterocycles. The molecule has 4 bridgehead atoms. The molecule has 6 rings (SSSR count). The summed E-state index contributed by atoms with van der Waals surface area (Å²) < 4.78 is 5.26. The van der Waals surface area contributed by atoms with Crippen LogP contribution >= 0.6 is 0 Å². The molecule has 0 atom stereocenters. The molecular formula is C20H25N3O. The second kappa shape index (κ2) is 5.08. The van der Waals surface area contributed by atoms with Gasteiger partial charge >= 0.3 is 0 Å². The molecule has 126 valence electrons. The quantitative estimate of drug-likeness (QED) is 0.851. The Morgan fingerprint density at radius 2 is 1.79 bits per heavy atom. The highest BCUT2D eigenvalue weighted by molar-refractivity contribution is 5.63. The Balaban J connectivity index is 1.41. The minimum absolute atomic E-state index is 0.519. The molecule has 0 amide bonds. The Morgan fingerprint density at radius 3 is 2.33 bits per heavy atom. The van der Waals surface area contributed by atoms with Crippen LogP contribution in [0.4, 0.5) is 5.69 Å². The van der Waals surface area contributed by atoms with Gasteiger partial charge in [0.05, 0.1) is 0 Å². The average molecular weight is 323 g/mol. The van der Waals surface area contributed by atoms with Gasteiger partial charge in [-0.3, -0.25) is 0 Å². The van der Waals surface area contributed by atoms with E-state index >= 15 is 0 Å². The fraction of sp³-hybridized carbons (Fsp3) is 0.600. The van der Waals surface area contributed by atoms with Crippen molar-refractivity contribution in [3.05, 3.63) is 29.6 Å². The normalized spacial score (nSPS) is 34.0. The number of benzene rings is 1. The standard InChI is InChI=1S/C20H25N3O/c1-12-22-19(24-23-12)16-2-3-17(18(21)7-16)11-20-8-13-4-14(9-20)6-15(5-13)10-20/h2-3,7,13-15H,4-6,8-11,21H2,1H3. The molecule has 24 heavy (non-hydrogen) atoms. The number of aromatic nitrogens is 2. The maximum Gasteiger partial charge on any atom is 0.257 e. The Hall–Kier alpha value is -1.84. The maximum absolute atomic E-state index is 6.40. The van der Waals surface area contributed by atoms with E-state index in [2.05, 4.69) is 22.3 Å². The molecule has 4 aliphatic rings. The summed E-state index contributed by atoms with van der Waals surface area (Å²) in [7, 11) is 0. The highest BCUT2D eigenvalue weighted by atomic mass is 16.5. The Kier molecular flexibility index (Phi) is 3.07. The van der Waals surface area contributed by atoms with Gasteiger partial charge in [-0.1, -0.05) is 11.2 Å². The summed E-state index contributed by atoms with van der Waals surface area (Å²) in [6.07, 6.45) is 9.87. The second-order valence-corrected chi connectivity index (χ2v) is 8.65. The van der Waals surface area contributed by atoms with Crippen molar-refractivity contribution in [2.75, 3.05) is 5.73 Å². The summed E-state index contributed by atoms with van der Waals surface area (Å²) in [6.45, 7) is 1.83. The lowest BCUT2D eigenvalue weighted by molar-refractivity contribution is -0.0521. The Morgan fingerprint density at radius 1 is 1.12 bits per heavy atom. The van der Waals surface area contributed by atoms with Crippen molar-refractivity contribution in [3.63, 3.8) is 0 Å². The summed E-state index contributed by atoms with van der Waals surface area (Å²) in [4.78, 5) is 4.30. The third-order valence-electron chi connectivity index (χ3n) is 6.65. The van der Waals surface area contributed by atoms with Gasteiger partial charge in [0.15, 0.2) is 5.82 Å². The minimum atomic E-state index is 0.519. The van der Waals surface area contributed by atoms with Crippen LogP contribution < -0.4 is 5.73 Å². The highest BCUT2D eigenvalue weighted by Crippen LogP contribution is 2.61. The first-order chi connectivity index (χ1) is 11.6. The fourth-order valence-corrected chi connectivity index (χ4v) is 6.21. The van der Waals surface area contributed by atoms with Gasteiger partial charge in [-0.2, -0.15) is 4.98 Å². The van der Waals surface area contributed by atoms with Gasteiger partial charge in [0.2, 0.25) is 0 Å². The van der Waals surface area contributed by atoms with Crippen molar-refractivity contribution in [2.45, 2.75) is 51.9 Å². The molecule has 4 aliphatic carbocycles. The summed E-state index contributed by atoms with van der Waals surface area (Å²) >= 11 is 0. The molecule has 0 saturated heterocycles. The minimum Gasteiger partial charge on any atom is -0.398 e. The number of nitrogens with zero attached hydrogens (tertiary/aromatic N) is 2. The van der Waals surface area contributed by atoms with Crippen LogP contribution in [0.1, 0.15) is 49.9 Å². The lowest BCUT2D eigenvalue weighted by Gasteiger charge is -2.57. The van der Waals surface area contributed by atoms with E-state index in [4.69, 9.17) is 10.3 Å². The second-order valence-electron chi connectivity index (χ2n) is 8.65. The first kappa shape index (κ1) is 14.5. The van der Waals surface area contributed by atoms with E-state index in [-0.39, 0.29) is 0 Å². The van der Waals surface area contributed by atoms with Crippen molar-refractivity contribution in [3.8, 4) is 11.5 Å². The number of hydrogen-bond acceptors (Lipinski definition) is 4. The topological polar surface area (TPSA) is 64.9 Å². The highest BCUT2D eigenvalue weighted by Gasteiger charge is 2.50. The van der Waals surface area contributed by atoms with Gasteiger partial charge in [0, 0.05) is 11.3 Å². The predicted octanol–water partition coefficient (Wildman–Crippen LogP) is 4.39. The third kappa shape index (κ3) is 2.35. The fourth-order valence-electron chi connectivity index (χ4n) is 6.21. The van der Waals surface area contributed by atoms with Crippen molar-refractivity contribution < 1.29 is 4.52 Å².